The second kappa shape index (κ2) is 5.10. The second-order valence-corrected chi connectivity index (χ2v) is 1.51. The molecule has 0 aromatic carbocycles. The molecule has 0 radical (unpaired) electrons. The average Bonchev–Trinajstić information content (AvgIpc) is 0.811. The molecule has 0 aliphatic rings. The van der Waals surface area contributed by atoms with E-state index in [0.717, 1.165) is 0 Å². The molecule has 5 heteroatoms. The van der Waals surface area contributed by atoms with Gasteiger partial charge in [0.2, 0.25) is 0 Å². The van der Waals surface area contributed by atoms with Gasteiger partial charge >= 0.3 is 23.1 Å². The quantitative estimate of drug-likeness (QED) is 0.274. The summed E-state index contributed by atoms with van der Waals surface area (Å²) in [6.45, 7) is 0. The van der Waals surface area contributed by atoms with Gasteiger partial charge in [0.1, 0.15) is 0 Å². The summed E-state index contributed by atoms with van der Waals surface area (Å²) in [5.41, 5.74) is 0. The third-order valence-corrected chi connectivity index (χ3v) is 0. The van der Waals surface area contributed by atoms with Gasteiger partial charge in [-0.25, -0.2) is 11.2 Å². The van der Waals surface area contributed by atoms with Crippen molar-refractivity contribution in [2.75, 3.05) is 0 Å². The largest absolute Gasteiger partial charge is 2.00 e. The predicted molar refractivity (Wildman–Crippen MR) is 26.0 cm³/mol. The SMILES string of the molecule is O=[S-](O)=S.[H-].[H-].[Mg+2]. The van der Waals surface area contributed by atoms with E-state index in [1.807, 2.05) is 0 Å². The molecule has 30 valence electrons. The van der Waals surface area contributed by atoms with Crippen LogP contribution in [-0.2, 0) is 25.0 Å². The minimum Gasteiger partial charge on any atom is -1.00 e. The van der Waals surface area contributed by atoms with Gasteiger partial charge in [0.15, 0.2) is 0 Å². The van der Waals surface area contributed by atoms with Crippen molar-refractivity contribution in [3.63, 3.8) is 0 Å². The molecular formula is H3MgO2S2-. The topological polar surface area (TPSA) is 37.3 Å². The molecule has 0 bridgehead atoms. The van der Waals surface area contributed by atoms with Crippen LogP contribution in [0.3, 0.4) is 0 Å². The van der Waals surface area contributed by atoms with Crippen LogP contribution < -0.4 is 0 Å². The van der Waals surface area contributed by atoms with Crippen LogP contribution in [0.15, 0.2) is 0 Å². The molecule has 0 unspecified atom stereocenters. The average molecular weight is 123 g/mol. The molecule has 0 aliphatic carbocycles. The van der Waals surface area contributed by atoms with E-state index in [1.54, 1.807) is 0 Å². The molecule has 0 fully saturated rings. The molecule has 0 atom stereocenters. The number of rotatable bonds is 0. The van der Waals surface area contributed by atoms with Gasteiger partial charge in [0.05, 0.1) is 0 Å². The van der Waals surface area contributed by atoms with Gasteiger partial charge in [-0.2, -0.15) is 0 Å². The zero-order valence-electron chi connectivity index (χ0n) is 4.38. The number of hydrogen-bond donors (Lipinski definition) is 1. The molecule has 0 aliphatic heterocycles. The van der Waals surface area contributed by atoms with E-state index >= 15 is 0 Å². The van der Waals surface area contributed by atoms with Crippen LogP contribution in [0.4, 0.5) is 0 Å². The maximum atomic E-state index is 8.93. The van der Waals surface area contributed by atoms with Crippen LogP contribution >= 0.6 is 0 Å². The van der Waals surface area contributed by atoms with Crippen LogP contribution in [-0.4, -0.2) is 27.6 Å². The van der Waals surface area contributed by atoms with Crippen LogP contribution in [0.2, 0.25) is 0 Å². The van der Waals surface area contributed by atoms with E-state index in [1.165, 1.54) is 0 Å². The molecule has 0 aromatic heterocycles. The Morgan fingerprint density at radius 2 is 2.00 bits per heavy atom. The molecule has 2 nitrogen and oxygen atoms in total. The monoisotopic (exact) mass is 123 g/mol. The molecular weight excluding hydrogens is 120 g/mol. The fraction of sp³-hybridized carbons (Fsp3) is 0. The van der Waals surface area contributed by atoms with E-state index in [9.17, 15) is 0 Å². The van der Waals surface area contributed by atoms with Gasteiger partial charge in [-0.1, -0.05) is 9.64 Å². The zero-order chi connectivity index (χ0) is 3.58. The van der Waals surface area contributed by atoms with Gasteiger partial charge in [-0.3, -0.25) is 0 Å². The Hall–Kier alpha value is 1.10. The summed E-state index contributed by atoms with van der Waals surface area (Å²) in [6.07, 6.45) is 0. The first kappa shape index (κ1) is 9.44. The van der Waals surface area contributed by atoms with Crippen molar-refractivity contribution in [1.82, 2.24) is 0 Å². The van der Waals surface area contributed by atoms with Crippen molar-refractivity contribution in [3.05, 3.63) is 0 Å². The number of hydrogen-bond acceptors (Lipinski definition) is 3. The van der Waals surface area contributed by atoms with E-state index in [0.29, 0.717) is 0 Å². The molecule has 0 aromatic rings. The van der Waals surface area contributed by atoms with E-state index in [2.05, 4.69) is 11.2 Å². The molecule has 0 heterocycles. The molecule has 0 spiro atoms. The van der Waals surface area contributed by atoms with Gasteiger partial charge in [-0.05, 0) is 0 Å². The van der Waals surface area contributed by atoms with Gasteiger partial charge in [0.25, 0.3) is 0 Å². The van der Waals surface area contributed by atoms with Crippen LogP contribution in [0, 0.1) is 0 Å². The molecule has 0 rings (SSSR count). The summed E-state index contributed by atoms with van der Waals surface area (Å²) in [5.74, 6) is 0. The molecule has 5 heavy (non-hydrogen) atoms. The van der Waals surface area contributed by atoms with Crippen molar-refractivity contribution >= 4 is 43.9 Å². The summed E-state index contributed by atoms with van der Waals surface area (Å²) < 4.78 is 16.3. The van der Waals surface area contributed by atoms with Crippen molar-refractivity contribution in [2.45, 2.75) is 0 Å². The zero-order valence-corrected chi connectivity index (χ0v) is 5.43. The molecule has 1 N–H and O–H groups in total. The fourth-order valence-corrected chi connectivity index (χ4v) is 0. The normalized spacial score (nSPS) is 6.80. The minimum absolute atomic E-state index is 0. The Morgan fingerprint density at radius 3 is 2.00 bits per heavy atom. The van der Waals surface area contributed by atoms with Gasteiger partial charge < -0.3 is 11.6 Å². The summed E-state index contributed by atoms with van der Waals surface area (Å²) in [4.78, 5) is 0. The Kier molecular flexibility index (Phi) is 9.62. The van der Waals surface area contributed by atoms with Crippen LogP contribution in [0.25, 0.3) is 0 Å². The molecule has 0 saturated carbocycles. The van der Waals surface area contributed by atoms with Gasteiger partial charge in [-0.15, -0.1) is 0 Å². The van der Waals surface area contributed by atoms with Crippen molar-refractivity contribution in [2.24, 2.45) is 0 Å². The fourth-order valence-electron chi connectivity index (χ4n) is 0. The second-order valence-electron chi connectivity index (χ2n) is 0.217. The van der Waals surface area contributed by atoms with E-state index in [-0.39, 0.29) is 25.9 Å². The first-order chi connectivity index (χ1) is 1.73. The van der Waals surface area contributed by atoms with Crippen LogP contribution in [0.1, 0.15) is 2.85 Å². The third kappa shape index (κ3) is 40.7. The summed E-state index contributed by atoms with van der Waals surface area (Å²) in [7, 11) is -2.03. The van der Waals surface area contributed by atoms with E-state index in [4.69, 9.17) is 8.76 Å². The Labute approximate surface area is 55.6 Å². The van der Waals surface area contributed by atoms with Crippen molar-refractivity contribution < 1.29 is 11.6 Å². The van der Waals surface area contributed by atoms with E-state index < -0.39 is 9.64 Å². The van der Waals surface area contributed by atoms with Crippen molar-refractivity contribution in [1.29, 1.82) is 0 Å². The first-order valence-electron chi connectivity index (χ1n) is 0.516. The Morgan fingerprint density at radius 1 is 2.00 bits per heavy atom. The molecule has 0 saturated heterocycles. The maximum Gasteiger partial charge on any atom is 2.00 e. The maximum absolute atomic E-state index is 8.93. The Balaban J connectivity index is -0.0000000150. The van der Waals surface area contributed by atoms with Gasteiger partial charge in [0, 0.05) is 0 Å². The first-order valence-corrected chi connectivity index (χ1v) is 2.55. The molecule has 0 amide bonds. The predicted octanol–water partition coefficient (Wildman–Crippen LogP) is -0.271. The minimum atomic E-state index is -2.03. The summed E-state index contributed by atoms with van der Waals surface area (Å²) >= 11 is 3.65. The Bertz CT molecular complexity index is 62.1. The standard InChI is InChI=1S/Mg.HO2S2.2H/c;1-4(2)3;;/h;(H,1,2,3);;/q+2;3*-1. The smallest absolute Gasteiger partial charge is 1.00 e. The summed E-state index contributed by atoms with van der Waals surface area (Å²) in [5, 5.41) is 0. The van der Waals surface area contributed by atoms with Crippen LogP contribution in [0.5, 0.6) is 0 Å². The van der Waals surface area contributed by atoms with Crippen molar-refractivity contribution in [3.8, 4) is 0 Å². The third-order valence-electron chi connectivity index (χ3n) is 0. The summed E-state index contributed by atoms with van der Waals surface area (Å²) in [6, 6.07) is 0.